The Balaban J connectivity index is 2.42. The van der Waals surface area contributed by atoms with Crippen molar-refractivity contribution in [2.75, 3.05) is 11.9 Å². The molecule has 1 rings (SSSR count). The zero-order chi connectivity index (χ0) is 15.3. The number of carbonyl (C=O) groups excluding carboxylic acids is 1. The van der Waals surface area contributed by atoms with Crippen LogP contribution in [0.1, 0.15) is 27.7 Å². The number of halogens is 2. The van der Waals surface area contributed by atoms with Crippen LogP contribution in [0, 0.1) is 0 Å². The molecule has 0 spiro atoms. The quantitative estimate of drug-likeness (QED) is 0.869. The van der Waals surface area contributed by atoms with E-state index in [4.69, 9.17) is 27.9 Å². The Hall–Kier alpha value is -1.13. The number of nitrogens with one attached hydrogen (secondary N) is 2. The summed E-state index contributed by atoms with van der Waals surface area (Å²) in [5.74, 6) is 0. The van der Waals surface area contributed by atoms with Gasteiger partial charge in [0.25, 0.3) is 0 Å². The van der Waals surface area contributed by atoms with Crippen LogP contribution in [0.25, 0.3) is 0 Å². The first-order valence-electron chi connectivity index (χ1n) is 6.36. The molecule has 0 fully saturated rings. The number of hydrogen-bond donors (Lipinski definition) is 2. The standard InChI is InChI=1S/C14H20Cl2N2O2/c1-9(8-17-13(19)20-14(2,3)4)18-10-5-6-11(15)12(16)7-10/h5-7,9,18H,8H2,1-4H3,(H,17,19). The van der Waals surface area contributed by atoms with Crippen molar-refractivity contribution in [1.29, 1.82) is 0 Å². The molecule has 1 atom stereocenters. The molecule has 2 N–H and O–H groups in total. The molecule has 0 radical (unpaired) electrons. The summed E-state index contributed by atoms with van der Waals surface area (Å²) in [6.45, 7) is 7.85. The summed E-state index contributed by atoms with van der Waals surface area (Å²) >= 11 is 11.8. The van der Waals surface area contributed by atoms with Gasteiger partial charge in [0.1, 0.15) is 5.60 Å². The Bertz CT molecular complexity index is 473. The van der Waals surface area contributed by atoms with Crippen LogP contribution < -0.4 is 10.6 Å². The van der Waals surface area contributed by atoms with E-state index < -0.39 is 11.7 Å². The van der Waals surface area contributed by atoms with Gasteiger partial charge >= 0.3 is 6.09 Å². The van der Waals surface area contributed by atoms with Crippen molar-refractivity contribution in [3.8, 4) is 0 Å². The van der Waals surface area contributed by atoms with Crippen molar-refractivity contribution in [1.82, 2.24) is 5.32 Å². The Kier molecular flexibility index (Phi) is 5.96. The van der Waals surface area contributed by atoms with Gasteiger partial charge in [-0.3, -0.25) is 0 Å². The van der Waals surface area contributed by atoms with Crippen molar-refractivity contribution in [2.24, 2.45) is 0 Å². The smallest absolute Gasteiger partial charge is 0.407 e. The van der Waals surface area contributed by atoms with Gasteiger partial charge in [-0.25, -0.2) is 4.79 Å². The summed E-state index contributed by atoms with van der Waals surface area (Å²) in [7, 11) is 0. The molecule has 1 unspecified atom stereocenters. The number of ether oxygens (including phenoxy) is 1. The van der Waals surface area contributed by atoms with Gasteiger partial charge in [-0.15, -0.1) is 0 Å². The highest BCUT2D eigenvalue weighted by atomic mass is 35.5. The molecule has 4 nitrogen and oxygen atoms in total. The second-order valence-corrected chi connectivity index (χ2v) is 6.37. The molecule has 6 heteroatoms. The maximum Gasteiger partial charge on any atom is 0.407 e. The van der Waals surface area contributed by atoms with E-state index in [1.807, 2.05) is 33.8 Å². The molecule has 20 heavy (non-hydrogen) atoms. The molecule has 0 aliphatic heterocycles. The third-order valence-corrected chi connectivity index (χ3v) is 3.02. The summed E-state index contributed by atoms with van der Waals surface area (Å²) in [4.78, 5) is 11.5. The van der Waals surface area contributed by atoms with Crippen LogP contribution in [0.3, 0.4) is 0 Å². The first kappa shape index (κ1) is 16.9. The van der Waals surface area contributed by atoms with Crippen LogP contribution in [-0.2, 0) is 4.74 Å². The van der Waals surface area contributed by atoms with Gasteiger partial charge in [-0.2, -0.15) is 0 Å². The third kappa shape index (κ3) is 6.35. The van der Waals surface area contributed by atoms with Crippen LogP contribution in [0.15, 0.2) is 18.2 Å². The number of carbonyl (C=O) groups is 1. The first-order chi connectivity index (χ1) is 9.17. The van der Waals surface area contributed by atoms with E-state index in [0.29, 0.717) is 16.6 Å². The molecular weight excluding hydrogens is 299 g/mol. The number of benzene rings is 1. The molecule has 0 saturated heterocycles. The Morgan fingerprint density at radius 2 is 1.95 bits per heavy atom. The molecule has 0 aliphatic rings. The summed E-state index contributed by atoms with van der Waals surface area (Å²) in [6, 6.07) is 5.33. The fourth-order valence-electron chi connectivity index (χ4n) is 1.47. The second kappa shape index (κ2) is 7.04. The molecule has 112 valence electrons. The van der Waals surface area contributed by atoms with E-state index in [1.54, 1.807) is 12.1 Å². The highest BCUT2D eigenvalue weighted by Crippen LogP contribution is 2.25. The molecule has 0 bridgehead atoms. The monoisotopic (exact) mass is 318 g/mol. The number of alkyl carbamates (subject to hydrolysis) is 1. The fourth-order valence-corrected chi connectivity index (χ4v) is 1.77. The molecule has 1 amide bonds. The average Bonchev–Trinajstić information content (AvgIpc) is 2.29. The van der Waals surface area contributed by atoms with Crippen molar-refractivity contribution < 1.29 is 9.53 Å². The molecule has 0 aromatic heterocycles. The van der Waals surface area contributed by atoms with E-state index in [-0.39, 0.29) is 6.04 Å². The van der Waals surface area contributed by atoms with Gasteiger partial charge in [0.2, 0.25) is 0 Å². The van der Waals surface area contributed by atoms with Crippen LogP contribution in [0.5, 0.6) is 0 Å². The summed E-state index contributed by atoms with van der Waals surface area (Å²) in [5.41, 5.74) is 0.350. The lowest BCUT2D eigenvalue weighted by Crippen LogP contribution is -2.38. The third-order valence-electron chi connectivity index (χ3n) is 2.28. The molecule has 0 saturated carbocycles. The van der Waals surface area contributed by atoms with Crippen LogP contribution in [0.2, 0.25) is 10.0 Å². The van der Waals surface area contributed by atoms with Crippen LogP contribution in [0.4, 0.5) is 10.5 Å². The fraction of sp³-hybridized carbons (Fsp3) is 0.500. The van der Waals surface area contributed by atoms with Gasteiger partial charge in [-0.1, -0.05) is 23.2 Å². The average molecular weight is 319 g/mol. The second-order valence-electron chi connectivity index (χ2n) is 5.56. The van der Waals surface area contributed by atoms with Gasteiger partial charge in [0, 0.05) is 18.3 Å². The maximum absolute atomic E-state index is 11.5. The zero-order valence-corrected chi connectivity index (χ0v) is 13.6. The van der Waals surface area contributed by atoms with Gasteiger partial charge in [0.15, 0.2) is 0 Å². The SMILES string of the molecule is CC(CNC(=O)OC(C)(C)C)Nc1ccc(Cl)c(Cl)c1. The lowest BCUT2D eigenvalue weighted by Gasteiger charge is -2.21. The van der Waals surface area contributed by atoms with Gasteiger partial charge < -0.3 is 15.4 Å². The highest BCUT2D eigenvalue weighted by Gasteiger charge is 2.16. The minimum atomic E-state index is -0.496. The van der Waals surface area contributed by atoms with Crippen LogP contribution in [-0.4, -0.2) is 24.3 Å². The van der Waals surface area contributed by atoms with Crippen molar-refractivity contribution in [3.63, 3.8) is 0 Å². The molecular formula is C14H20Cl2N2O2. The Morgan fingerprint density at radius 3 is 2.50 bits per heavy atom. The summed E-state index contributed by atoms with van der Waals surface area (Å²) in [6.07, 6.45) is -0.430. The predicted molar refractivity (Wildman–Crippen MR) is 83.8 cm³/mol. The molecule has 1 aromatic carbocycles. The number of rotatable bonds is 4. The highest BCUT2D eigenvalue weighted by molar-refractivity contribution is 6.42. The molecule has 0 heterocycles. The van der Waals surface area contributed by atoms with Gasteiger partial charge in [-0.05, 0) is 45.9 Å². The van der Waals surface area contributed by atoms with E-state index in [2.05, 4.69) is 10.6 Å². The van der Waals surface area contributed by atoms with E-state index in [0.717, 1.165) is 5.69 Å². The summed E-state index contributed by atoms with van der Waals surface area (Å²) in [5, 5.41) is 6.92. The van der Waals surface area contributed by atoms with Crippen molar-refractivity contribution in [2.45, 2.75) is 39.3 Å². The Morgan fingerprint density at radius 1 is 1.30 bits per heavy atom. The largest absolute Gasteiger partial charge is 0.444 e. The zero-order valence-electron chi connectivity index (χ0n) is 12.1. The van der Waals surface area contributed by atoms with E-state index in [1.165, 1.54) is 0 Å². The van der Waals surface area contributed by atoms with E-state index in [9.17, 15) is 4.79 Å². The van der Waals surface area contributed by atoms with Gasteiger partial charge in [0.05, 0.1) is 10.0 Å². The maximum atomic E-state index is 11.5. The van der Waals surface area contributed by atoms with E-state index >= 15 is 0 Å². The minimum Gasteiger partial charge on any atom is -0.444 e. The first-order valence-corrected chi connectivity index (χ1v) is 7.11. The van der Waals surface area contributed by atoms with Crippen molar-refractivity contribution >= 4 is 35.0 Å². The van der Waals surface area contributed by atoms with Crippen molar-refractivity contribution in [3.05, 3.63) is 28.2 Å². The lowest BCUT2D eigenvalue weighted by atomic mass is 10.2. The number of amides is 1. The molecule has 0 aliphatic carbocycles. The predicted octanol–water partition coefficient (Wildman–Crippen LogP) is 4.32. The minimum absolute atomic E-state index is 0.0276. The van der Waals surface area contributed by atoms with Crippen LogP contribution >= 0.6 is 23.2 Å². The number of anilines is 1. The topological polar surface area (TPSA) is 50.4 Å². The lowest BCUT2D eigenvalue weighted by molar-refractivity contribution is 0.0526. The number of hydrogen-bond acceptors (Lipinski definition) is 3. The molecule has 1 aromatic rings. The summed E-state index contributed by atoms with van der Waals surface area (Å²) < 4.78 is 5.16. The Labute approximate surface area is 129 Å². The normalized spacial score (nSPS) is 12.7.